The van der Waals surface area contributed by atoms with Crippen LogP contribution in [0.25, 0.3) is 0 Å². The minimum atomic E-state index is -3.89. The Labute approximate surface area is 207 Å². The lowest BCUT2D eigenvalue weighted by Crippen LogP contribution is -2.52. The van der Waals surface area contributed by atoms with Gasteiger partial charge in [0.05, 0.1) is 19.1 Å². The fourth-order valence-electron chi connectivity index (χ4n) is 3.42. The Balaban J connectivity index is 2.45. The Kier molecular flexibility index (Phi) is 9.64. The number of carbonyl (C=O) groups is 2. The molecule has 0 saturated heterocycles. The van der Waals surface area contributed by atoms with Crippen LogP contribution in [0.2, 0.25) is 0 Å². The maximum atomic E-state index is 13.6. The average molecular weight is 508 g/mol. The quantitative estimate of drug-likeness (QED) is 0.504. The number of methoxy groups -OCH3 is 1. The van der Waals surface area contributed by atoms with Gasteiger partial charge in [-0.15, -0.1) is 0 Å². The zero-order valence-electron chi connectivity index (χ0n) is 21.0. The van der Waals surface area contributed by atoms with Gasteiger partial charge in [-0.2, -0.15) is 0 Å². The second-order valence-corrected chi connectivity index (χ2v) is 10.5. The SMILES string of the molecule is CC[C@H](C)NC(=O)[C@@H](C)N(Cc1ccc(F)cc1)C(=O)CN(c1cc(C)ccc1OC)S(C)(=O)=O. The molecule has 2 rings (SSSR count). The Hall–Kier alpha value is -3.14. The van der Waals surface area contributed by atoms with Crippen molar-refractivity contribution in [2.24, 2.45) is 0 Å². The van der Waals surface area contributed by atoms with E-state index in [1.54, 1.807) is 32.0 Å². The Morgan fingerprint density at radius 1 is 1.11 bits per heavy atom. The van der Waals surface area contributed by atoms with Crippen LogP contribution in [0.1, 0.15) is 38.3 Å². The highest BCUT2D eigenvalue weighted by Crippen LogP contribution is 2.31. The first kappa shape index (κ1) is 28.1. The van der Waals surface area contributed by atoms with Crippen molar-refractivity contribution >= 4 is 27.5 Å². The van der Waals surface area contributed by atoms with E-state index in [1.807, 2.05) is 13.8 Å². The third kappa shape index (κ3) is 7.68. The molecule has 2 atom stereocenters. The van der Waals surface area contributed by atoms with E-state index in [9.17, 15) is 22.4 Å². The molecule has 0 aromatic heterocycles. The van der Waals surface area contributed by atoms with Crippen molar-refractivity contribution in [2.45, 2.75) is 52.7 Å². The number of ether oxygens (including phenoxy) is 1. The highest BCUT2D eigenvalue weighted by Gasteiger charge is 2.31. The largest absolute Gasteiger partial charge is 0.495 e. The molecule has 0 aliphatic carbocycles. The molecule has 8 nitrogen and oxygen atoms in total. The summed E-state index contributed by atoms with van der Waals surface area (Å²) in [5.41, 5.74) is 1.61. The van der Waals surface area contributed by atoms with Crippen LogP contribution in [-0.4, -0.2) is 57.1 Å². The van der Waals surface area contributed by atoms with E-state index in [2.05, 4.69) is 5.32 Å². The predicted molar refractivity (Wildman–Crippen MR) is 134 cm³/mol. The summed E-state index contributed by atoms with van der Waals surface area (Å²) in [6, 6.07) is 9.60. The van der Waals surface area contributed by atoms with Gasteiger partial charge < -0.3 is 15.0 Å². The summed E-state index contributed by atoms with van der Waals surface area (Å²) in [4.78, 5) is 27.7. The number of carbonyl (C=O) groups excluding carboxylic acids is 2. The second-order valence-electron chi connectivity index (χ2n) is 8.59. The highest BCUT2D eigenvalue weighted by atomic mass is 32.2. The van der Waals surface area contributed by atoms with Gasteiger partial charge in [0.15, 0.2) is 0 Å². The maximum Gasteiger partial charge on any atom is 0.244 e. The molecule has 10 heteroatoms. The number of hydrogen-bond acceptors (Lipinski definition) is 5. The minimum Gasteiger partial charge on any atom is -0.495 e. The van der Waals surface area contributed by atoms with Gasteiger partial charge in [-0.1, -0.05) is 25.1 Å². The van der Waals surface area contributed by atoms with E-state index in [1.165, 1.54) is 36.3 Å². The monoisotopic (exact) mass is 507 g/mol. The zero-order valence-corrected chi connectivity index (χ0v) is 21.9. The van der Waals surface area contributed by atoms with Crippen LogP contribution in [0.5, 0.6) is 5.75 Å². The fourth-order valence-corrected chi connectivity index (χ4v) is 4.27. The topological polar surface area (TPSA) is 96.0 Å². The van der Waals surface area contributed by atoms with Gasteiger partial charge in [-0.3, -0.25) is 13.9 Å². The fraction of sp³-hybridized carbons (Fsp3) is 0.440. The number of nitrogens with one attached hydrogen (secondary N) is 1. The summed E-state index contributed by atoms with van der Waals surface area (Å²) in [6.07, 6.45) is 1.71. The first-order valence-corrected chi connectivity index (χ1v) is 13.2. The Morgan fingerprint density at radius 3 is 2.29 bits per heavy atom. The first-order valence-electron chi connectivity index (χ1n) is 11.3. The second kappa shape index (κ2) is 12.0. The molecular weight excluding hydrogens is 473 g/mol. The third-order valence-corrected chi connectivity index (χ3v) is 6.84. The summed E-state index contributed by atoms with van der Waals surface area (Å²) in [6.45, 7) is 6.62. The standard InChI is InChI=1S/C25H34FN3O5S/c1-7-18(3)27-25(31)19(4)28(15-20-9-11-21(26)12-10-20)24(30)16-29(35(6,32)33)22-14-17(2)8-13-23(22)34-5/h8-14,18-19H,7,15-16H2,1-6H3,(H,27,31)/t18-,19+/m0/s1. The number of halogens is 1. The number of hydrogen-bond donors (Lipinski definition) is 1. The van der Waals surface area contributed by atoms with Crippen molar-refractivity contribution in [1.29, 1.82) is 0 Å². The van der Waals surface area contributed by atoms with Crippen molar-refractivity contribution in [3.8, 4) is 5.75 Å². The summed E-state index contributed by atoms with van der Waals surface area (Å²) in [5.74, 6) is -1.09. The minimum absolute atomic E-state index is 0.00321. The van der Waals surface area contributed by atoms with Crippen molar-refractivity contribution in [3.63, 3.8) is 0 Å². The maximum absolute atomic E-state index is 13.6. The molecule has 35 heavy (non-hydrogen) atoms. The molecule has 0 heterocycles. The van der Waals surface area contributed by atoms with E-state index in [-0.39, 0.29) is 24.2 Å². The van der Waals surface area contributed by atoms with Gasteiger partial charge in [0.25, 0.3) is 0 Å². The molecular formula is C25H34FN3O5S. The van der Waals surface area contributed by atoms with Crippen molar-refractivity contribution in [1.82, 2.24) is 10.2 Å². The number of rotatable bonds is 11. The highest BCUT2D eigenvalue weighted by molar-refractivity contribution is 7.92. The van der Waals surface area contributed by atoms with Crippen LogP contribution in [0, 0.1) is 12.7 Å². The van der Waals surface area contributed by atoms with Crippen molar-refractivity contribution in [2.75, 3.05) is 24.2 Å². The van der Waals surface area contributed by atoms with E-state index in [4.69, 9.17) is 4.74 Å². The van der Waals surface area contributed by atoms with Crippen LogP contribution < -0.4 is 14.4 Å². The zero-order chi connectivity index (χ0) is 26.3. The van der Waals surface area contributed by atoms with E-state index < -0.39 is 34.3 Å². The molecule has 0 spiro atoms. The van der Waals surface area contributed by atoms with Crippen LogP contribution in [0.15, 0.2) is 42.5 Å². The van der Waals surface area contributed by atoms with Gasteiger partial charge in [0.2, 0.25) is 21.8 Å². The Morgan fingerprint density at radius 2 is 1.74 bits per heavy atom. The molecule has 0 aliphatic heterocycles. The molecule has 2 aromatic rings. The molecule has 0 radical (unpaired) electrons. The molecule has 0 saturated carbocycles. The van der Waals surface area contributed by atoms with Gasteiger partial charge in [-0.25, -0.2) is 12.8 Å². The summed E-state index contributed by atoms with van der Waals surface area (Å²) in [7, 11) is -2.47. The average Bonchev–Trinajstić information content (AvgIpc) is 2.80. The molecule has 2 amide bonds. The molecule has 0 fully saturated rings. The smallest absolute Gasteiger partial charge is 0.244 e. The van der Waals surface area contributed by atoms with Crippen LogP contribution >= 0.6 is 0 Å². The van der Waals surface area contributed by atoms with Gasteiger partial charge in [-0.05, 0) is 62.6 Å². The van der Waals surface area contributed by atoms with Crippen molar-refractivity contribution in [3.05, 3.63) is 59.4 Å². The lowest BCUT2D eigenvalue weighted by atomic mass is 10.1. The van der Waals surface area contributed by atoms with Gasteiger partial charge in [0, 0.05) is 12.6 Å². The Bertz CT molecular complexity index is 1140. The number of amides is 2. The normalized spacial score (nSPS) is 13.0. The molecule has 0 bridgehead atoms. The number of nitrogens with zero attached hydrogens (tertiary/aromatic N) is 2. The number of sulfonamides is 1. The number of anilines is 1. The lowest BCUT2D eigenvalue weighted by Gasteiger charge is -2.32. The summed E-state index contributed by atoms with van der Waals surface area (Å²) < 4.78 is 45.2. The van der Waals surface area contributed by atoms with Gasteiger partial charge >= 0.3 is 0 Å². The first-order chi connectivity index (χ1) is 16.4. The van der Waals surface area contributed by atoms with Gasteiger partial charge in [0.1, 0.15) is 24.2 Å². The third-order valence-electron chi connectivity index (χ3n) is 5.72. The number of benzene rings is 2. The molecule has 0 unspecified atom stereocenters. The summed E-state index contributed by atoms with van der Waals surface area (Å²) in [5, 5.41) is 2.86. The molecule has 2 aromatic carbocycles. The predicted octanol–water partition coefficient (Wildman–Crippen LogP) is 3.24. The van der Waals surface area contributed by atoms with E-state index >= 15 is 0 Å². The summed E-state index contributed by atoms with van der Waals surface area (Å²) >= 11 is 0. The number of aryl methyl sites for hydroxylation is 1. The van der Waals surface area contributed by atoms with Crippen LogP contribution in [-0.2, 0) is 26.2 Å². The van der Waals surface area contributed by atoms with Crippen molar-refractivity contribution < 1.29 is 27.1 Å². The molecule has 192 valence electrons. The van der Waals surface area contributed by atoms with Crippen LogP contribution in [0.3, 0.4) is 0 Å². The van der Waals surface area contributed by atoms with E-state index in [0.717, 1.165) is 16.1 Å². The molecule has 0 aliphatic rings. The lowest BCUT2D eigenvalue weighted by molar-refractivity contribution is -0.139. The molecule has 1 N–H and O–H groups in total. The van der Waals surface area contributed by atoms with E-state index in [0.29, 0.717) is 17.7 Å². The van der Waals surface area contributed by atoms with Crippen LogP contribution in [0.4, 0.5) is 10.1 Å².